The van der Waals surface area contributed by atoms with Gasteiger partial charge in [-0.25, -0.2) is 8.42 Å². The summed E-state index contributed by atoms with van der Waals surface area (Å²) >= 11 is 0. The molecule has 8 nitrogen and oxygen atoms in total. The van der Waals surface area contributed by atoms with Crippen LogP contribution in [0.5, 0.6) is 0 Å². The highest BCUT2D eigenvalue weighted by molar-refractivity contribution is 7.89. The van der Waals surface area contributed by atoms with Gasteiger partial charge in [0.15, 0.2) is 0 Å². The zero-order chi connectivity index (χ0) is 22.3. The molecular weight excluding hydrogens is 414 g/mol. The fourth-order valence-electron chi connectivity index (χ4n) is 4.06. The van der Waals surface area contributed by atoms with Gasteiger partial charge in [-0.3, -0.25) is 14.5 Å². The second-order valence-electron chi connectivity index (χ2n) is 8.09. The zero-order valence-electron chi connectivity index (χ0n) is 18.2. The van der Waals surface area contributed by atoms with Crippen molar-refractivity contribution in [2.24, 2.45) is 0 Å². The molecule has 1 fully saturated rings. The number of nitrogens with zero attached hydrogens (tertiary/aromatic N) is 5. The van der Waals surface area contributed by atoms with Gasteiger partial charge in [-0.1, -0.05) is 18.2 Å². The molecule has 0 spiro atoms. The van der Waals surface area contributed by atoms with Crippen LogP contribution < -0.4 is 0 Å². The van der Waals surface area contributed by atoms with Crippen molar-refractivity contribution < 1.29 is 13.2 Å². The third-order valence-corrected chi connectivity index (χ3v) is 7.75. The molecule has 0 bridgehead atoms. The van der Waals surface area contributed by atoms with Crippen molar-refractivity contribution >= 4 is 26.8 Å². The second kappa shape index (κ2) is 8.05. The van der Waals surface area contributed by atoms with E-state index >= 15 is 0 Å². The third kappa shape index (κ3) is 3.83. The Hall–Kier alpha value is -2.78. The molecule has 0 saturated carbocycles. The van der Waals surface area contributed by atoms with Gasteiger partial charge < -0.3 is 4.90 Å². The SMILES string of the molecule is CCn1cc(S(=O)(=O)N2CCC(c3cc(C(=O)N(C)C)c4ccccc4n3)C2)c(C)n1. The van der Waals surface area contributed by atoms with Gasteiger partial charge in [0.2, 0.25) is 10.0 Å². The van der Waals surface area contributed by atoms with E-state index in [-0.39, 0.29) is 16.7 Å². The number of sulfonamides is 1. The number of amides is 1. The zero-order valence-corrected chi connectivity index (χ0v) is 19.1. The van der Waals surface area contributed by atoms with Crippen LogP contribution in [0.2, 0.25) is 0 Å². The summed E-state index contributed by atoms with van der Waals surface area (Å²) in [5.74, 6) is -0.167. The molecular formula is C22H27N5O3S. The molecule has 1 atom stereocenters. The van der Waals surface area contributed by atoms with Gasteiger partial charge in [-0.2, -0.15) is 9.40 Å². The Morgan fingerprint density at radius 3 is 2.68 bits per heavy atom. The summed E-state index contributed by atoms with van der Waals surface area (Å²) in [6.45, 7) is 5.00. The molecule has 9 heteroatoms. The van der Waals surface area contributed by atoms with Crippen LogP contribution in [0.1, 0.15) is 41.0 Å². The highest BCUT2D eigenvalue weighted by Crippen LogP contribution is 2.33. The minimum atomic E-state index is -3.63. The van der Waals surface area contributed by atoms with E-state index in [4.69, 9.17) is 4.98 Å². The van der Waals surface area contributed by atoms with E-state index in [0.29, 0.717) is 37.3 Å². The number of aromatic nitrogens is 3. The molecule has 0 radical (unpaired) electrons. The van der Waals surface area contributed by atoms with E-state index in [1.54, 1.807) is 36.8 Å². The summed E-state index contributed by atoms with van der Waals surface area (Å²) < 4.78 is 29.6. The molecule has 3 heterocycles. The summed E-state index contributed by atoms with van der Waals surface area (Å²) in [6.07, 6.45) is 2.25. The Bertz CT molecular complexity index is 1250. The molecule has 164 valence electrons. The highest BCUT2D eigenvalue weighted by Gasteiger charge is 2.36. The lowest BCUT2D eigenvalue weighted by Crippen LogP contribution is -2.29. The minimum absolute atomic E-state index is 0.0744. The average Bonchev–Trinajstić information content (AvgIpc) is 3.40. The number of carbonyl (C=O) groups excluding carboxylic acids is 1. The number of rotatable bonds is 5. The molecule has 0 aliphatic carbocycles. The Morgan fingerprint density at radius 2 is 2.00 bits per heavy atom. The van der Waals surface area contributed by atoms with Gasteiger partial charge in [0.25, 0.3) is 5.91 Å². The van der Waals surface area contributed by atoms with E-state index in [1.165, 1.54) is 4.31 Å². The molecule has 31 heavy (non-hydrogen) atoms. The molecule has 2 aromatic heterocycles. The number of para-hydroxylation sites is 1. The predicted molar refractivity (Wildman–Crippen MR) is 119 cm³/mol. The van der Waals surface area contributed by atoms with E-state index in [0.717, 1.165) is 16.6 Å². The van der Waals surface area contributed by atoms with Gasteiger partial charge in [-0.05, 0) is 32.4 Å². The maximum atomic E-state index is 13.2. The molecule has 1 aliphatic heterocycles. The minimum Gasteiger partial charge on any atom is -0.345 e. The van der Waals surface area contributed by atoms with Crippen LogP contribution in [0, 0.1) is 6.92 Å². The van der Waals surface area contributed by atoms with Crippen LogP contribution in [0.25, 0.3) is 10.9 Å². The van der Waals surface area contributed by atoms with Crippen molar-refractivity contribution in [3.8, 4) is 0 Å². The Balaban J connectivity index is 1.68. The van der Waals surface area contributed by atoms with Crippen LogP contribution >= 0.6 is 0 Å². The summed E-state index contributed by atoms with van der Waals surface area (Å²) in [5.41, 5.74) is 2.59. The van der Waals surface area contributed by atoms with Gasteiger partial charge >= 0.3 is 0 Å². The highest BCUT2D eigenvalue weighted by atomic mass is 32.2. The van der Waals surface area contributed by atoms with E-state index < -0.39 is 10.0 Å². The molecule has 1 unspecified atom stereocenters. The first kappa shape index (κ1) is 21.5. The fourth-order valence-corrected chi connectivity index (χ4v) is 5.73. The second-order valence-corrected chi connectivity index (χ2v) is 10.0. The fraction of sp³-hybridized carbons (Fsp3) is 0.409. The molecule has 3 aromatic rings. The lowest BCUT2D eigenvalue weighted by atomic mass is 9.99. The number of carbonyl (C=O) groups is 1. The molecule has 1 aliphatic rings. The van der Waals surface area contributed by atoms with Crippen LogP contribution in [0.15, 0.2) is 41.4 Å². The maximum absolute atomic E-state index is 13.2. The Labute approximate surface area is 182 Å². The van der Waals surface area contributed by atoms with Crippen molar-refractivity contribution in [3.63, 3.8) is 0 Å². The number of benzene rings is 1. The molecule has 1 saturated heterocycles. The Morgan fingerprint density at radius 1 is 1.26 bits per heavy atom. The van der Waals surface area contributed by atoms with Crippen LogP contribution in [-0.2, 0) is 16.6 Å². The van der Waals surface area contributed by atoms with Crippen LogP contribution in [0.3, 0.4) is 0 Å². The van der Waals surface area contributed by atoms with Crippen molar-refractivity contribution in [2.75, 3.05) is 27.2 Å². The molecule has 1 aromatic carbocycles. The van der Waals surface area contributed by atoms with E-state index in [2.05, 4.69) is 5.10 Å². The van der Waals surface area contributed by atoms with Crippen molar-refractivity contribution in [3.05, 3.63) is 53.5 Å². The lowest BCUT2D eigenvalue weighted by molar-refractivity contribution is 0.0829. The number of hydrogen-bond acceptors (Lipinski definition) is 5. The normalized spacial score (nSPS) is 17.4. The number of aryl methyl sites for hydroxylation is 2. The van der Waals surface area contributed by atoms with Gasteiger partial charge in [0, 0.05) is 56.9 Å². The van der Waals surface area contributed by atoms with Gasteiger partial charge in [0.05, 0.1) is 16.8 Å². The van der Waals surface area contributed by atoms with Crippen molar-refractivity contribution in [1.29, 1.82) is 0 Å². The third-order valence-electron chi connectivity index (χ3n) is 5.78. The summed E-state index contributed by atoms with van der Waals surface area (Å²) in [4.78, 5) is 19.4. The summed E-state index contributed by atoms with van der Waals surface area (Å²) in [5, 5.41) is 5.08. The lowest BCUT2D eigenvalue weighted by Gasteiger charge is -2.18. The van der Waals surface area contributed by atoms with Crippen molar-refractivity contribution in [2.45, 2.75) is 37.6 Å². The quantitative estimate of drug-likeness (QED) is 0.607. The number of hydrogen-bond donors (Lipinski definition) is 0. The van der Waals surface area contributed by atoms with E-state index in [1.807, 2.05) is 37.3 Å². The average molecular weight is 442 g/mol. The Kier molecular flexibility index (Phi) is 5.57. The largest absolute Gasteiger partial charge is 0.345 e. The smallest absolute Gasteiger partial charge is 0.254 e. The maximum Gasteiger partial charge on any atom is 0.254 e. The molecule has 1 amide bonds. The van der Waals surface area contributed by atoms with Crippen LogP contribution in [-0.4, -0.2) is 65.5 Å². The first-order chi connectivity index (χ1) is 14.7. The summed E-state index contributed by atoms with van der Waals surface area (Å²) in [7, 11) is -0.191. The first-order valence-corrected chi connectivity index (χ1v) is 11.8. The number of pyridine rings is 1. The van der Waals surface area contributed by atoms with Crippen LogP contribution in [0.4, 0.5) is 0 Å². The predicted octanol–water partition coefficient (Wildman–Crippen LogP) is 2.64. The molecule has 0 N–H and O–H groups in total. The molecule has 4 rings (SSSR count). The van der Waals surface area contributed by atoms with Gasteiger partial charge in [-0.15, -0.1) is 0 Å². The van der Waals surface area contributed by atoms with Crippen molar-refractivity contribution in [1.82, 2.24) is 24.0 Å². The standard InChI is InChI=1S/C22H27N5O3S/c1-5-26-14-21(15(2)24-26)31(29,30)27-11-10-16(13-27)20-12-18(22(28)25(3)4)17-8-6-7-9-19(17)23-20/h6-9,12,14,16H,5,10-11,13H2,1-4H3. The van der Waals surface area contributed by atoms with E-state index in [9.17, 15) is 13.2 Å². The summed E-state index contributed by atoms with van der Waals surface area (Å²) in [6, 6.07) is 9.38. The van der Waals surface area contributed by atoms with Gasteiger partial charge in [0.1, 0.15) is 4.90 Å². The number of fused-ring (bicyclic) bond motifs is 1. The topological polar surface area (TPSA) is 88.4 Å². The monoisotopic (exact) mass is 441 g/mol. The first-order valence-electron chi connectivity index (χ1n) is 10.4.